The SMILES string of the molecule is N#Cc1ccc(C2C=C(C3N=C(c4ccccc4)NC(c4ccccc4)=N3)NC(c3ccccc3)N2)cc1. The molecule has 0 bridgehead atoms. The van der Waals surface area contributed by atoms with E-state index in [1.54, 1.807) is 0 Å². The molecule has 0 saturated heterocycles. The molecule has 2 heterocycles. The standard InChI is InChI=1S/C32H26N6/c33-21-22-16-18-23(19-17-22)27-20-28(35-29(34-27)24-10-4-1-5-11-24)32-37-30(25-12-6-2-7-13-25)36-31(38-32)26-14-8-3-9-15-26/h1-20,27,29,32,34-35H,(H,36,37,38). The van der Waals surface area contributed by atoms with Crippen molar-refractivity contribution in [3.63, 3.8) is 0 Å². The highest BCUT2D eigenvalue weighted by Crippen LogP contribution is 2.29. The van der Waals surface area contributed by atoms with Crippen molar-refractivity contribution in [2.24, 2.45) is 9.98 Å². The summed E-state index contributed by atoms with van der Waals surface area (Å²) < 4.78 is 0. The van der Waals surface area contributed by atoms with Crippen LogP contribution in [0.3, 0.4) is 0 Å². The lowest BCUT2D eigenvalue weighted by molar-refractivity contribution is 0.401. The first-order valence-corrected chi connectivity index (χ1v) is 12.6. The van der Waals surface area contributed by atoms with Gasteiger partial charge in [-0.1, -0.05) is 103 Å². The van der Waals surface area contributed by atoms with E-state index in [1.165, 1.54) is 0 Å². The molecule has 3 N–H and O–H groups in total. The van der Waals surface area contributed by atoms with E-state index < -0.39 is 6.17 Å². The minimum absolute atomic E-state index is 0.0927. The zero-order valence-corrected chi connectivity index (χ0v) is 20.6. The van der Waals surface area contributed by atoms with E-state index in [-0.39, 0.29) is 12.2 Å². The maximum absolute atomic E-state index is 9.26. The fraction of sp³-hybridized carbons (Fsp3) is 0.0938. The maximum Gasteiger partial charge on any atom is 0.183 e. The largest absolute Gasteiger partial charge is 0.366 e. The first-order chi connectivity index (χ1) is 18.8. The van der Waals surface area contributed by atoms with E-state index >= 15 is 0 Å². The van der Waals surface area contributed by atoms with Gasteiger partial charge in [0.05, 0.1) is 23.4 Å². The molecule has 0 aromatic heterocycles. The Bertz CT molecular complexity index is 1480. The van der Waals surface area contributed by atoms with Crippen LogP contribution in [0.2, 0.25) is 0 Å². The van der Waals surface area contributed by atoms with Gasteiger partial charge in [-0.25, -0.2) is 9.98 Å². The van der Waals surface area contributed by atoms with Crippen LogP contribution in [-0.4, -0.2) is 17.8 Å². The Kier molecular flexibility index (Phi) is 6.50. The van der Waals surface area contributed by atoms with Gasteiger partial charge in [-0.15, -0.1) is 0 Å². The topological polar surface area (TPSA) is 84.6 Å². The van der Waals surface area contributed by atoms with E-state index in [1.807, 2.05) is 103 Å². The van der Waals surface area contributed by atoms with Crippen LogP contribution in [0, 0.1) is 11.3 Å². The first-order valence-electron chi connectivity index (χ1n) is 12.6. The van der Waals surface area contributed by atoms with Crippen molar-refractivity contribution >= 4 is 11.7 Å². The number of amidine groups is 2. The molecule has 0 radical (unpaired) electrons. The normalized spacial score (nSPS) is 19.2. The lowest BCUT2D eigenvalue weighted by Crippen LogP contribution is -2.45. The second-order valence-corrected chi connectivity index (χ2v) is 9.17. The lowest BCUT2D eigenvalue weighted by Gasteiger charge is -2.35. The molecule has 0 saturated carbocycles. The summed E-state index contributed by atoms with van der Waals surface area (Å²) in [5.74, 6) is 1.55. The third kappa shape index (κ3) is 4.96. The summed E-state index contributed by atoms with van der Waals surface area (Å²) in [7, 11) is 0. The molecule has 2 aliphatic rings. The molecule has 0 spiro atoms. The van der Waals surface area contributed by atoms with Crippen LogP contribution in [0.1, 0.15) is 40.0 Å². The summed E-state index contributed by atoms with van der Waals surface area (Å²) in [6.45, 7) is 0. The Hall–Kier alpha value is -4.99. The fourth-order valence-electron chi connectivity index (χ4n) is 4.68. The van der Waals surface area contributed by atoms with Gasteiger partial charge in [0.25, 0.3) is 0 Å². The van der Waals surface area contributed by atoms with Crippen LogP contribution in [0.15, 0.2) is 137 Å². The molecule has 0 fully saturated rings. The smallest absolute Gasteiger partial charge is 0.183 e. The van der Waals surface area contributed by atoms with Gasteiger partial charge >= 0.3 is 0 Å². The van der Waals surface area contributed by atoms with Gasteiger partial charge < -0.3 is 10.6 Å². The van der Waals surface area contributed by atoms with Crippen LogP contribution in [0.25, 0.3) is 0 Å². The summed E-state index contributed by atoms with van der Waals surface area (Å²) >= 11 is 0. The minimum atomic E-state index is -0.462. The molecule has 2 atom stereocenters. The molecular formula is C32H26N6. The summed E-state index contributed by atoms with van der Waals surface area (Å²) in [6.07, 6.45) is 1.54. The third-order valence-electron chi connectivity index (χ3n) is 6.65. The summed E-state index contributed by atoms with van der Waals surface area (Å²) in [6, 6.07) is 40.3. The van der Waals surface area contributed by atoms with Crippen LogP contribution >= 0.6 is 0 Å². The molecule has 184 valence electrons. The van der Waals surface area contributed by atoms with Crippen LogP contribution in [-0.2, 0) is 0 Å². The number of nitrogens with one attached hydrogen (secondary N) is 3. The maximum atomic E-state index is 9.26. The van der Waals surface area contributed by atoms with Gasteiger partial charge in [0, 0.05) is 11.1 Å². The van der Waals surface area contributed by atoms with E-state index in [0.717, 1.165) is 39.6 Å². The summed E-state index contributed by atoms with van der Waals surface area (Å²) in [5, 5.41) is 20.1. The van der Waals surface area contributed by atoms with Crippen molar-refractivity contribution in [1.29, 1.82) is 5.26 Å². The second kappa shape index (κ2) is 10.6. The Morgan fingerprint density at radius 3 is 1.74 bits per heavy atom. The Balaban J connectivity index is 1.43. The van der Waals surface area contributed by atoms with Gasteiger partial charge in [0.1, 0.15) is 17.8 Å². The number of rotatable bonds is 5. The predicted octanol–water partition coefficient (Wildman–Crippen LogP) is 5.20. The number of hydrogen-bond acceptors (Lipinski definition) is 6. The second-order valence-electron chi connectivity index (χ2n) is 9.17. The van der Waals surface area contributed by atoms with Crippen molar-refractivity contribution in [2.45, 2.75) is 18.4 Å². The zero-order chi connectivity index (χ0) is 25.7. The molecule has 38 heavy (non-hydrogen) atoms. The average molecular weight is 495 g/mol. The zero-order valence-electron chi connectivity index (χ0n) is 20.6. The molecule has 6 heteroatoms. The lowest BCUT2D eigenvalue weighted by atomic mass is 9.99. The number of nitriles is 1. The highest BCUT2D eigenvalue weighted by molar-refractivity contribution is 6.15. The molecule has 0 amide bonds. The number of hydrogen-bond donors (Lipinski definition) is 3. The van der Waals surface area contributed by atoms with E-state index in [9.17, 15) is 5.26 Å². The number of benzene rings is 4. The minimum Gasteiger partial charge on any atom is -0.366 e. The van der Waals surface area contributed by atoms with Crippen LogP contribution < -0.4 is 16.0 Å². The van der Waals surface area contributed by atoms with E-state index in [4.69, 9.17) is 9.98 Å². The van der Waals surface area contributed by atoms with Crippen molar-refractivity contribution in [2.75, 3.05) is 0 Å². The van der Waals surface area contributed by atoms with Crippen LogP contribution in [0.5, 0.6) is 0 Å². The van der Waals surface area contributed by atoms with Gasteiger partial charge in [-0.05, 0) is 29.3 Å². The fourth-order valence-corrected chi connectivity index (χ4v) is 4.68. The molecule has 6 rings (SSSR count). The molecule has 2 unspecified atom stereocenters. The van der Waals surface area contributed by atoms with Crippen molar-refractivity contribution in [3.8, 4) is 6.07 Å². The number of nitrogens with zero attached hydrogens (tertiary/aromatic N) is 3. The van der Waals surface area contributed by atoms with Crippen molar-refractivity contribution in [1.82, 2.24) is 16.0 Å². The molecule has 6 nitrogen and oxygen atoms in total. The van der Waals surface area contributed by atoms with E-state index in [0.29, 0.717) is 5.56 Å². The van der Waals surface area contributed by atoms with E-state index in [2.05, 4.69) is 40.2 Å². The van der Waals surface area contributed by atoms with Gasteiger partial charge in [-0.3, -0.25) is 5.32 Å². The van der Waals surface area contributed by atoms with Crippen LogP contribution in [0.4, 0.5) is 0 Å². The van der Waals surface area contributed by atoms with Gasteiger partial charge in [0.15, 0.2) is 6.17 Å². The molecule has 4 aromatic rings. The van der Waals surface area contributed by atoms with Crippen molar-refractivity contribution < 1.29 is 0 Å². The first kappa shape index (κ1) is 23.4. The quantitative estimate of drug-likeness (QED) is 0.356. The molecule has 0 aliphatic carbocycles. The molecule has 2 aliphatic heterocycles. The molecule has 4 aromatic carbocycles. The Morgan fingerprint density at radius 2 is 1.18 bits per heavy atom. The summed E-state index contributed by atoms with van der Waals surface area (Å²) in [5.41, 5.74) is 5.73. The summed E-state index contributed by atoms with van der Waals surface area (Å²) in [4.78, 5) is 10.1. The third-order valence-corrected chi connectivity index (χ3v) is 6.65. The van der Waals surface area contributed by atoms with Gasteiger partial charge in [0.2, 0.25) is 0 Å². The van der Waals surface area contributed by atoms with Crippen molar-refractivity contribution in [3.05, 3.63) is 155 Å². The molecular weight excluding hydrogens is 468 g/mol. The predicted molar refractivity (Wildman–Crippen MR) is 150 cm³/mol. The highest BCUT2D eigenvalue weighted by atomic mass is 15.2. The Morgan fingerprint density at radius 1 is 0.632 bits per heavy atom. The van der Waals surface area contributed by atoms with Gasteiger partial charge in [-0.2, -0.15) is 5.26 Å². The average Bonchev–Trinajstić information content (AvgIpc) is 3.02. The Labute approximate surface area is 222 Å². The monoisotopic (exact) mass is 494 g/mol. The highest BCUT2D eigenvalue weighted by Gasteiger charge is 2.29. The number of aliphatic imine (C=N–C) groups is 2.